The summed E-state index contributed by atoms with van der Waals surface area (Å²) in [6.07, 6.45) is 5.41. The van der Waals surface area contributed by atoms with Gasteiger partial charge < -0.3 is 10.1 Å². The zero-order valence-electron chi connectivity index (χ0n) is 12.3. The molecule has 0 amide bonds. The van der Waals surface area contributed by atoms with Crippen LogP contribution >= 0.6 is 0 Å². The molecule has 5 heteroatoms. The highest BCUT2D eigenvalue weighted by atomic mass is 19.1. The van der Waals surface area contributed by atoms with E-state index in [1.165, 1.54) is 19.0 Å². The van der Waals surface area contributed by atoms with Gasteiger partial charge in [-0.15, -0.1) is 0 Å². The van der Waals surface area contributed by atoms with E-state index in [0.29, 0.717) is 6.04 Å². The van der Waals surface area contributed by atoms with Gasteiger partial charge in [-0.25, -0.2) is 4.39 Å². The maximum absolute atomic E-state index is 13.2. The molecule has 112 valence electrons. The second-order valence-electron chi connectivity index (χ2n) is 5.39. The zero-order chi connectivity index (χ0) is 14.4. The van der Waals surface area contributed by atoms with E-state index in [-0.39, 0.29) is 11.9 Å². The van der Waals surface area contributed by atoms with Gasteiger partial charge in [0.2, 0.25) is 0 Å². The van der Waals surface area contributed by atoms with Crippen LogP contribution in [0.15, 0.2) is 18.5 Å². The molecule has 4 nitrogen and oxygen atoms in total. The minimum Gasteiger partial charge on any atom is -0.383 e. The smallest absolute Gasteiger partial charge is 0.141 e. The van der Waals surface area contributed by atoms with Crippen molar-refractivity contribution < 1.29 is 9.13 Å². The third kappa shape index (κ3) is 4.23. The quantitative estimate of drug-likeness (QED) is 0.829. The zero-order valence-corrected chi connectivity index (χ0v) is 12.3. The van der Waals surface area contributed by atoms with E-state index in [1.54, 1.807) is 19.4 Å². The lowest BCUT2D eigenvalue weighted by Gasteiger charge is -2.26. The van der Waals surface area contributed by atoms with E-state index in [4.69, 9.17) is 4.74 Å². The topological polar surface area (TPSA) is 37.4 Å². The van der Waals surface area contributed by atoms with Crippen molar-refractivity contribution in [3.05, 3.63) is 29.8 Å². The van der Waals surface area contributed by atoms with Crippen LogP contribution in [-0.4, -0.2) is 49.3 Å². The summed E-state index contributed by atoms with van der Waals surface area (Å²) >= 11 is 0. The summed E-state index contributed by atoms with van der Waals surface area (Å²) in [4.78, 5) is 6.36. The number of pyridine rings is 1. The molecule has 0 radical (unpaired) electrons. The van der Waals surface area contributed by atoms with E-state index in [2.05, 4.69) is 15.2 Å². The molecule has 0 saturated carbocycles. The Bertz CT molecular complexity index is 416. The molecule has 1 aromatic rings. The van der Waals surface area contributed by atoms with Crippen molar-refractivity contribution in [2.45, 2.75) is 31.8 Å². The number of hydrogen-bond donors (Lipinski definition) is 1. The molecule has 0 aliphatic carbocycles. The van der Waals surface area contributed by atoms with Crippen molar-refractivity contribution in [2.24, 2.45) is 0 Å². The van der Waals surface area contributed by atoms with E-state index in [1.807, 2.05) is 6.92 Å². The Balaban J connectivity index is 1.82. The van der Waals surface area contributed by atoms with Gasteiger partial charge in [-0.05, 0) is 37.9 Å². The molecule has 20 heavy (non-hydrogen) atoms. The molecule has 0 unspecified atom stereocenters. The predicted molar refractivity (Wildman–Crippen MR) is 77.1 cm³/mol. The van der Waals surface area contributed by atoms with Crippen molar-refractivity contribution in [1.82, 2.24) is 15.2 Å². The molecular formula is C15H24FN3O. The maximum atomic E-state index is 13.2. The molecular weight excluding hydrogens is 257 g/mol. The van der Waals surface area contributed by atoms with Gasteiger partial charge in [0.25, 0.3) is 0 Å². The Labute approximate surface area is 120 Å². The van der Waals surface area contributed by atoms with Gasteiger partial charge in [-0.2, -0.15) is 0 Å². The number of methoxy groups -OCH3 is 1. The number of ether oxygens (including phenoxy) is 1. The first-order valence-electron chi connectivity index (χ1n) is 7.27. The molecule has 2 rings (SSSR count). The third-order valence-electron chi connectivity index (χ3n) is 3.97. The Morgan fingerprint density at radius 1 is 1.55 bits per heavy atom. The molecule has 2 atom stereocenters. The van der Waals surface area contributed by atoms with Gasteiger partial charge in [0.1, 0.15) is 5.82 Å². The monoisotopic (exact) mass is 281 g/mol. The summed E-state index contributed by atoms with van der Waals surface area (Å²) in [6, 6.07) is 2.21. The number of nitrogens with zero attached hydrogens (tertiary/aromatic N) is 2. The van der Waals surface area contributed by atoms with E-state index < -0.39 is 0 Å². The lowest BCUT2D eigenvalue weighted by atomic mass is 10.1. The molecule has 0 spiro atoms. The Hall–Kier alpha value is -1.04. The molecule has 1 saturated heterocycles. The maximum Gasteiger partial charge on any atom is 0.141 e. The van der Waals surface area contributed by atoms with Crippen LogP contribution in [-0.2, 0) is 4.74 Å². The molecule has 1 fully saturated rings. The van der Waals surface area contributed by atoms with Gasteiger partial charge in [-0.1, -0.05) is 0 Å². The largest absolute Gasteiger partial charge is 0.383 e. The van der Waals surface area contributed by atoms with Gasteiger partial charge in [0.05, 0.1) is 12.8 Å². The van der Waals surface area contributed by atoms with E-state index >= 15 is 0 Å². The summed E-state index contributed by atoms with van der Waals surface area (Å²) in [5.41, 5.74) is 0.895. The summed E-state index contributed by atoms with van der Waals surface area (Å²) < 4.78 is 18.3. The summed E-state index contributed by atoms with van der Waals surface area (Å²) in [6.45, 7) is 5.87. The average Bonchev–Trinajstić information content (AvgIpc) is 2.90. The van der Waals surface area contributed by atoms with Crippen molar-refractivity contribution in [2.75, 3.05) is 33.4 Å². The summed E-state index contributed by atoms with van der Waals surface area (Å²) in [7, 11) is 1.74. The average molecular weight is 281 g/mol. The van der Waals surface area contributed by atoms with Gasteiger partial charge in [0, 0.05) is 38.5 Å². The first kappa shape index (κ1) is 15.4. The van der Waals surface area contributed by atoms with Crippen molar-refractivity contribution in [3.63, 3.8) is 0 Å². The van der Waals surface area contributed by atoms with Crippen LogP contribution in [0.1, 0.15) is 31.4 Å². The normalized spacial score (nSPS) is 21.2. The Kier molecular flexibility index (Phi) is 5.88. The standard InChI is InChI=1S/C15H24FN3O/c1-12(13-8-14(16)10-17-9-13)18-11-15-4-3-5-19(15)6-7-20-2/h8-10,12,15,18H,3-7,11H2,1-2H3/t12-,15-/m0/s1. The number of aromatic nitrogens is 1. The van der Waals surface area contributed by atoms with Crippen molar-refractivity contribution >= 4 is 0 Å². The van der Waals surface area contributed by atoms with Crippen LogP contribution in [0.4, 0.5) is 4.39 Å². The summed E-state index contributed by atoms with van der Waals surface area (Å²) in [5.74, 6) is -0.279. The van der Waals surface area contributed by atoms with Gasteiger partial charge in [-0.3, -0.25) is 9.88 Å². The first-order valence-corrected chi connectivity index (χ1v) is 7.27. The fourth-order valence-corrected chi connectivity index (χ4v) is 2.72. The third-order valence-corrected chi connectivity index (χ3v) is 3.97. The Morgan fingerprint density at radius 3 is 3.15 bits per heavy atom. The Morgan fingerprint density at radius 2 is 2.40 bits per heavy atom. The molecule has 1 aromatic heterocycles. The second kappa shape index (κ2) is 7.67. The van der Waals surface area contributed by atoms with Crippen LogP contribution in [0, 0.1) is 5.82 Å². The van der Waals surface area contributed by atoms with Gasteiger partial charge in [0.15, 0.2) is 0 Å². The van der Waals surface area contributed by atoms with Gasteiger partial charge >= 0.3 is 0 Å². The molecule has 0 bridgehead atoms. The minimum absolute atomic E-state index is 0.114. The molecule has 0 aromatic carbocycles. The fourth-order valence-electron chi connectivity index (χ4n) is 2.72. The number of hydrogen-bond acceptors (Lipinski definition) is 4. The number of likely N-dealkylation sites (tertiary alicyclic amines) is 1. The van der Waals surface area contributed by atoms with Crippen LogP contribution in [0.2, 0.25) is 0 Å². The van der Waals surface area contributed by atoms with Crippen LogP contribution in [0.25, 0.3) is 0 Å². The van der Waals surface area contributed by atoms with E-state index in [9.17, 15) is 4.39 Å². The number of nitrogens with one attached hydrogen (secondary N) is 1. The highest BCUT2D eigenvalue weighted by molar-refractivity contribution is 5.14. The lowest BCUT2D eigenvalue weighted by molar-refractivity contribution is 0.139. The highest BCUT2D eigenvalue weighted by Crippen LogP contribution is 2.18. The van der Waals surface area contributed by atoms with Crippen LogP contribution < -0.4 is 5.32 Å². The molecule has 1 aliphatic heterocycles. The second-order valence-corrected chi connectivity index (χ2v) is 5.39. The predicted octanol–water partition coefficient (Wildman–Crippen LogP) is 1.98. The number of halogens is 1. The molecule has 1 aliphatic rings. The molecule has 1 N–H and O–H groups in total. The SMILES string of the molecule is COCCN1CCC[C@H]1CN[C@@H](C)c1cncc(F)c1. The van der Waals surface area contributed by atoms with Crippen LogP contribution in [0.5, 0.6) is 0 Å². The van der Waals surface area contributed by atoms with E-state index in [0.717, 1.165) is 31.8 Å². The molecule has 2 heterocycles. The van der Waals surface area contributed by atoms with Crippen LogP contribution in [0.3, 0.4) is 0 Å². The van der Waals surface area contributed by atoms with Crippen molar-refractivity contribution in [3.8, 4) is 0 Å². The van der Waals surface area contributed by atoms with Crippen molar-refractivity contribution in [1.29, 1.82) is 0 Å². The number of rotatable bonds is 7. The fraction of sp³-hybridized carbons (Fsp3) is 0.667. The lowest BCUT2D eigenvalue weighted by Crippen LogP contribution is -2.40. The first-order chi connectivity index (χ1) is 9.70. The minimum atomic E-state index is -0.279. The summed E-state index contributed by atoms with van der Waals surface area (Å²) in [5, 5.41) is 3.49. The highest BCUT2D eigenvalue weighted by Gasteiger charge is 2.24.